The number of benzene rings is 3. The predicted octanol–water partition coefficient (Wildman–Crippen LogP) is 6.45. The molecular weight excluding hydrogens is 320 g/mol. The summed E-state index contributed by atoms with van der Waals surface area (Å²) in [6, 6.07) is 28.8. The van der Waals surface area contributed by atoms with Crippen LogP contribution in [0.5, 0.6) is 0 Å². The van der Waals surface area contributed by atoms with Crippen molar-refractivity contribution in [1.82, 2.24) is 0 Å². The van der Waals surface area contributed by atoms with Gasteiger partial charge in [0, 0.05) is 4.47 Å². The molecule has 0 radical (unpaired) electrons. The number of hydrogen-bond acceptors (Lipinski definition) is 0. The van der Waals surface area contributed by atoms with E-state index in [2.05, 4.69) is 71.0 Å². The fraction of sp³-hybridized carbons (Fsp3) is 0. The average molecular weight is 337 g/mol. The van der Waals surface area contributed by atoms with Crippen LogP contribution in [-0.2, 0) is 0 Å². The molecule has 3 aromatic rings. The maximum absolute atomic E-state index is 3.66. The number of halogens is 1. The van der Waals surface area contributed by atoms with Crippen molar-refractivity contribution >= 4 is 22.0 Å². The summed E-state index contributed by atoms with van der Waals surface area (Å²) in [7, 11) is 0. The molecule has 0 aliphatic rings. The molecule has 0 saturated carbocycles. The van der Waals surface area contributed by atoms with Crippen LogP contribution >= 0.6 is 15.9 Å². The van der Waals surface area contributed by atoms with Crippen molar-refractivity contribution in [3.05, 3.63) is 102 Å². The summed E-state index contributed by atoms with van der Waals surface area (Å²) in [5.74, 6) is 0. The topological polar surface area (TPSA) is 0 Å². The lowest BCUT2D eigenvalue weighted by Gasteiger charge is -1.98. The van der Waals surface area contributed by atoms with Gasteiger partial charge in [-0.3, -0.25) is 0 Å². The molecule has 3 aromatic carbocycles. The summed E-state index contributed by atoms with van der Waals surface area (Å²) in [5, 5.41) is 0. The first-order chi connectivity index (χ1) is 10.3. The van der Waals surface area contributed by atoms with Crippen LogP contribution < -0.4 is 0 Å². The van der Waals surface area contributed by atoms with Gasteiger partial charge in [-0.15, -0.1) is 0 Å². The highest BCUT2D eigenvalue weighted by Gasteiger charge is 1.91. The molecule has 21 heavy (non-hydrogen) atoms. The fourth-order valence-corrected chi connectivity index (χ4v) is 2.35. The van der Waals surface area contributed by atoms with Crippen LogP contribution in [0.25, 0.3) is 17.2 Å². The van der Waals surface area contributed by atoms with Crippen molar-refractivity contribution in [1.29, 1.82) is 0 Å². The molecule has 0 bridgehead atoms. The van der Waals surface area contributed by atoms with Crippen molar-refractivity contribution < 1.29 is 0 Å². The summed E-state index contributed by atoms with van der Waals surface area (Å²) in [5.41, 5.74) is 3.69. The monoisotopic (exact) mass is 336 g/mol. The normalized spacial score (nSPS) is 9.38. The molecule has 1 heteroatoms. The highest BCUT2D eigenvalue weighted by molar-refractivity contribution is 9.10. The lowest BCUT2D eigenvalue weighted by atomic mass is 10.1. The van der Waals surface area contributed by atoms with Gasteiger partial charge in [-0.1, -0.05) is 107 Å². The Labute approximate surface area is 134 Å². The summed E-state index contributed by atoms with van der Waals surface area (Å²) in [4.78, 5) is 0. The first-order valence-electron chi connectivity index (χ1n) is 6.78. The molecular formula is C20H17Br. The second kappa shape index (κ2) is 8.23. The van der Waals surface area contributed by atoms with Gasteiger partial charge in [0.25, 0.3) is 0 Å². The van der Waals surface area contributed by atoms with Gasteiger partial charge < -0.3 is 0 Å². The minimum absolute atomic E-state index is 1.10. The maximum Gasteiger partial charge on any atom is 0.0247 e. The Morgan fingerprint density at radius 1 is 0.619 bits per heavy atom. The highest BCUT2D eigenvalue weighted by atomic mass is 79.9. The zero-order valence-electron chi connectivity index (χ0n) is 11.7. The summed E-state index contributed by atoms with van der Waals surface area (Å²) >= 11 is 3.39. The third kappa shape index (κ3) is 4.73. The van der Waals surface area contributed by atoms with Gasteiger partial charge in [-0.2, -0.15) is 0 Å². The van der Waals surface area contributed by atoms with E-state index in [1.54, 1.807) is 0 Å². The third-order valence-corrected chi connectivity index (χ3v) is 3.73. The molecule has 0 N–H and O–H groups in total. The molecule has 0 atom stereocenters. The molecule has 0 saturated heterocycles. The van der Waals surface area contributed by atoms with Gasteiger partial charge in [0.2, 0.25) is 0 Å². The maximum atomic E-state index is 3.66. The van der Waals surface area contributed by atoms with Gasteiger partial charge in [-0.25, -0.2) is 0 Å². The van der Waals surface area contributed by atoms with E-state index in [1.807, 2.05) is 42.5 Å². The van der Waals surface area contributed by atoms with E-state index in [0.717, 1.165) is 10.0 Å². The Bertz CT molecular complexity index is 635. The first kappa shape index (κ1) is 15.3. The van der Waals surface area contributed by atoms with Gasteiger partial charge >= 0.3 is 0 Å². The molecule has 0 aliphatic heterocycles. The average Bonchev–Trinajstić information content (AvgIpc) is 2.58. The number of hydrogen-bond donors (Lipinski definition) is 0. The van der Waals surface area contributed by atoms with Gasteiger partial charge in [-0.05, 0) is 22.8 Å². The van der Waals surface area contributed by atoms with E-state index >= 15 is 0 Å². The standard InChI is InChI=1S/C12H10.C8H7Br/c1-3-7-11(8-4-1)12-9-5-2-6-10-12;1-2-7-5-3-4-6-8(7)9/h1-10H;2-6H,1H2. The van der Waals surface area contributed by atoms with Crippen LogP contribution in [0.2, 0.25) is 0 Å². The van der Waals surface area contributed by atoms with Crippen LogP contribution in [0.15, 0.2) is 96.0 Å². The van der Waals surface area contributed by atoms with Crippen LogP contribution in [0.3, 0.4) is 0 Å². The first-order valence-corrected chi connectivity index (χ1v) is 7.58. The van der Waals surface area contributed by atoms with Gasteiger partial charge in [0.15, 0.2) is 0 Å². The van der Waals surface area contributed by atoms with E-state index in [1.165, 1.54) is 11.1 Å². The Balaban J connectivity index is 0.000000161. The Morgan fingerprint density at radius 2 is 1.05 bits per heavy atom. The van der Waals surface area contributed by atoms with Crippen LogP contribution in [0.4, 0.5) is 0 Å². The Morgan fingerprint density at radius 3 is 1.43 bits per heavy atom. The lowest BCUT2D eigenvalue weighted by Crippen LogP contribution is -1.73. The molecule has 0 fully saturated rings. The van der Waals surface area contributed by atoms with Crippen molar-refractivity contribution in [2.24, 2.45) is 0 Å². The van der Waals surface area contributed by atoms with Crippen molar-refractivity contribution in [2.45, 2.75) is 0 Å². The molecule has 3 rings (SSSR count). The zero-order valence-corrected chi connectivity index (χ0v) is 13.3. The fourth-order valence-electron chi connectivity index (χ4n) is 1.90. The van der Waals surface area contributed by atoms with Crippen LogP contribution in [0, 0.1) is 0 Å². The van der Waals surface area contributed by atoms with Crippen molar-refractivity contribution in [3.8, 4) is 11.1 Å². The van der Waals surface area contributed by atoms with E-state index < -0.39 is 0 Å². The van der Waals surface area contributed by atoms with E-state index in [-0.39, 0.29) is 0 Å². The van der Waals surface area contributed by atoms with Crippen LogP contribution in [-0.4, -0.2) is 0 Å². The quantitative estimate of drug-likeness (QED) is 0.504. The summed E-state index contributed by atoms with van der Waals surface area (Å²) < 4.78 is 1.10. The second-order valence-electron chi connectivity index (χ2n) is 4.46. The Hall–Kier alpha value is -2.12. The highest BCUT2D eigenvalue weighted by Crippen LogP contribution is 2.17. The molecule has 0 nitrogen and oxygen atoms in total. The number of rotatable bonds is 2. The third-order valence-electron chi connectivity index (χ3n) is 3.01. The smallest absolute Gasteiger partial charge is 0.0247 e. The Kier molecular flexibility index (Phi) is 5.99. The molecule has 0 amide bonds. The molecule has 0 aromatic heterocycles. The van der Waals surface area contributed by atoms with E-state index in [9.17, 15) is 0 Å². The second-order valence-corrected chi connectivity index (χ2v) is 5.31. The summed E-state index contributed by atoms with van der Waals surface area (Å²) in [6.45, 7) is 3.66. The molecule has 0 aliphatic carbocycles. The van der Waals surface area contributed by atoms with E-state index in [4.69, 9.17) is 0 Å². The van der Waals surface area contributed by atoms with Crippen molar-refractivity contribution in [2.75, 3.05) is 0 Å². The van der Waals surface area contributed by atoms with Gasteiger partial charge in [0.05, 0.1) is 0 Å². The lowest BCUT2D eigenvalue weighted by molar-refractivity contribution is 1.61. The van der Waals surface area contributed by atoms with E-state index in [0.29, 0.717) is 0 Å². The molecule has 0 spiro atoms. The predicted molar refractivity (Wildman–Crippen MR) is 96.1 cm³/mol. The minimum atomic E-state index is 1.10. The SMILES string of the molecule is C=Cc1ccccc1Br.c1ccc(-c2ccccc2)cc1. The van der Waals surface area contributed by atoms with Gasteiger partial charge in [0.1, 0.15) is 0 Å². The molecule has 0 unspecified atom stereocenters. The zero-order chi connectivity index (χ0) is 14.9. The summed E-state index contributed by atoms with van der Waals surface area (Å²) in [6.07, 6.45) is 1.82. The minimum Gasteiger partial charge on any atom is -0.0984 e. The molecule has 104 valence electrons. The van der Waals surface area contributed by atoms with Crippen molar-refractivity contribution in [3.63, 3.8) is 0 Å². The largest absolute Gasteiger partial charge is 0.0984 e. The van der Waals surface area contributed by atoms with Crippen LogP contribution in [0.1, 0.15) is 5.56 Å². The molecule has 0 heterocycles.